The average molecular weight is 335 g/mol. The molecule has 3 rings (SSSR count). The zero-order chi connectivity index (χ0) is 16.2. The molecule has 1 aliphatic heterocycles. The molecule has 1 fully saturated rings. The van der Waals surface area contributed by atoms with Gasteiger partial charge in [-0.05, 0) is 19.8 Å². The lowest BCUT2D eigenvalue weighted by molar-refractivity contribution is -0.132. The Hall–Kier alpha value is -1.95. The van der Waals surface area contributed by atoms with Gasteiger partial charge in [0.2, 0.25) is 5.91 Å². The van der Waals surface area contributed by atoms with Crippen LogP contribution in [0, 0.1) is 6.92 Å². The minimum Gasteiger partial charge on any atom is -0.360 e. The monoisotopic (exact) mass is 334 g/mol. The first-order valence-electron chi connectivity index (χ1n) is 7.79. The SMILES string of the molecule is Cc1cncc(C2CCCN(C(=O)CCc3cc(Cl)no3)C2)n1. The fourth-order valence-corrected chi connectivity index (χ4v) is 3.07. The summed E-state index contributed by atoms with van der Waals surface area (Å²) < 4.78 is 5.03. The molecule has 7 heteroatoms. The molecule has 1 saturated heterocycles. The molecule has 3 heterocycles. The van der Waals surface area contributed by atoms with Crippen molar-refractivity contribution in [3.63, 3.8) is 0 Å². The Morgan fingerprint density at radius 3 is 3.09 bits per heavy atom. The van der Waals surface area contributed by atoms with E-state index >= 15 is 0 Å². The molecule has 1 atom stereocenters. The van der Waals surface area contributed by atoms with E-state index in [9.17, 15) is 4.79 Å². The van der Waals surface area contributed by atoms with Crippen LogP contribution in [0.5, 0.6) is 0 Å². The molecule has 1 unspecified atom stereocenters. The standard InChI is InChI=1S/C16H19ClN4O2/c1-11-8-18-9-14(19-11)12-3-2-6-21(10-12)16(22)5-4-13-7-15(17)20-23-13/h7-9,12H,2-6,10H2,1H3. The van der Waals surface area contributed by atoms with Crippen molar-refractivity contribution < 1.29 is 9.32 Å². The van der Waals surface area contributed by atoms with Crippen LogP contribution in [-0.4, -0.2) is 39.0 Å². The second-order valence-electron chi connectivity index (χ2n) is 5.88. The molecule has 23 heavy (non-hydrogen) atoms. The normalized spacial score (nSPS) is 18.2. The Balaban J connectivity index is 1.58. The van der Waals surface area contributed by atoms with E-state index in [4.69, 9.17) is 16.1 Å². The van der Waals surface area contributed by atoms with E-state index in [0.717, 1.165) is 30.8 Å². The van der Waals surface area contributed by atoms with Crippen molar-refractivity contribution in [2.45, 2.75) is 38.5 Å². The Morgan fingerprint density at radius 2 is 2.35 bits per heavy atom. The lowest BCUT2D eigenvalue weighted by Gasteiger charge is -2.32. The Labute approximate surface area is 139 Å². The summed E-state index contributed by atoms with van der Waals surface area (Å²) in [6.07, 6.45) is 6.50. The molecular formula is C16H19ClN4O2. The molecule has 0 aliphatic carbocycles. The van der Waals surface area contributed by atoms with Gasteiger partial charge in [-0.3, -0.25) is 14.8 Å². The zero-order valence-corrected chi connectivity index (χ0v) is 13.8. The second kappa shape index (κ2) is 7.08. The second-order valence-corrected chi connectivity index (χ2v) is 6.27. The summed E-state index contributed by atoms with van der Waals surface area (Å²) in [5, 5.41) is 3.94. The highest BCUT2D eigenvalue weighted by Gasteiger charge is 2.25. The largest absolute Gasteiger partial charge is 0.360 e. The lowest BCUT2D eigenvalue weighted by atomic mass is 9.94. The number of carbonyl (C=O) groups excluding carboxylic acids is 1. The van der Waals surface area contributed by atoms with Crippen molar-refractivity contribution in [2.75, 3.05) is 13.1 Å². The molecular weight excluding hydrogens is 316 g/mol. The number of nitrogens with zero attached hydrogens (tertiary/aromatic N) is 4. The summed E-state index contributed by atoms with van der Waals surface area (Å²) in [6.45, 7) is 3.44. The molecule has 2 aromatic heterocycles. The predicted octanol–water partition coefficient (Wildman–Crippen LogP) is 2.77. The number of rotatable bonds is 4. The molecule has 0 spiro atoms. The van der Waals surface area contributed by atoms with Crippen molar-refractivity contribution in [1.29, 1.82) is 0 Å². The third-order valence-corrected chi connectivity index (χ3v) is 4.26. The fraction of sp³-hybridized carbons (Fsp3) is 0.500. The van der Waals surface area contributed by atoms with E-state index in [1.165, 1.54) is 0 Å². The van der Waals surface area contributed by atoms with Crippen LogP contribution >= 0.6 is 11.6 Å². The van der Waals surface area contributed by atoms with Gasteiger partial charge in [-0.15, -0.1) is 0 Å². The third kappa shape index (κ3) is 4.07. The van der Waals surface area contributed by atoms with Crippen molar-refractivity contribution in [1.82, 2.24) is 20.0 Å². The number of halogens is 1. The van der Waals surface area contributed by atoms with Crippen LogP contribution in [0.2, 0.25) is 5.15 Å². The molecule has 6 nitrogen and oxygen atoms in total. The Morgan fingerprint density at radius 1 is 1.48 bits per heavy atom. The van der Waals surface area contributed by atoms with Crippen LogP contribution in [0.25, 0.3) is 0 Å². The highest BCUT2D eigenvalue weighted by Crippen LogP contribution is 2.26. The van der Waals surface area contributed by atoms with E-state index < -0.39 is 0 Å². The average Bonchev–Trinajstić information content (AvgIpc) is 2.98. The first kappa shape index (κ1) is 15.9. The minimum absolute atomic E-state index is 0.128. The first-order chi connectivity index (χ1) is 11.1. The van der Waals surface area contributed by atoms with Crippen LogP contribution in [0.15, 0.2) is 23.0 Å². The lowest BCUT2D eigenvalue weighted by Crippen LogP contribution is -2.39. The van der Waals surface area contributed by atoms with E-state index in [1.807, 2.05) is 18.0 Å². The predicted molar refractivity (Wildman–Crippen MR) is 85.2 cm³/mol. The van der Waals surface area contributed by atoms with Gasteiger partial charge in [0.25, 0.3) is 0 Å². The van der Waals surface area contributed by atoms with Crippen LogP contribution in [0.4, 0.5) is 0 Å². The van der Waals surface area contributed by atoms with Gasteiger partial charge in [-0.1, -0.05) is 16.8 Å². The zero-order valence-electron chi connectivity index (χ0n) is 13.0. The molecule has 0 bridgehead atoms. The van der Waals surface area contributed by atoms with E-state index in [1.54, 1.807) is 12.3 Å². The molecule has 122 valence electrons. The minimum atomic E-state index is 0.128. The van der Waals surface area contributed by atoms with Gasteiger partial charge in [-0.25, -0.2) is 0 Å². The number of hydrogen-bond donors (Lipinski definition) is 0. The topological polar surface area (TPSA) is 72.1 Å². The van der Waals surface area contributed by atoms with Crippen LogP contribution in [0.1, 0.15) is 42.3 Å². The van der Waals surface area contributed by atoms with Crippen LogP contribution in [0.3, 0.4) is 0 Å². The maximum Gasteiger partial charge on any atom is 0.223 e. The highest BCUT2D eigenvalue weighted by atomic mass is 35.5. The molecule has 0 radical (unpaired) electrons. The van der Waals surface area contributed by atoms with Crippen molar-refractivity contribution in [3.8, 4) is 0 Å². The number of hydrogen-bond acceptors (Lipinski definition) is 5. The maximum absolute atomic E-state index is 12.4. The Kier molecular flexibility index (Phi) is 4.91. The van der Waals surface area contributed by atoms with Crippen LogP contribution in [-0.2, 0) is 11.2 Å². The molecule has 0 aromatic carbocycles. The van der Waals surface area contributed by atoms with Gasteiger partial charge < -0.3 is 9.42 Å². The van der Waals surface area contributed by atoms with Gasteiger partial charge in [0.15, 0.2) is 5.15 Å². The smallest absolute Gasteiger partial charge is 0.223 e. The summed E-state index contributed by atoms with van der Waals surface area (Å²) in [4.78, 5) is 23.1. The van der Waals surface area contributed by atoms with Gasteiger partial charge in [0.1, 0.15) is 5.76 Å². The fourth-order valence-electron chi connectivity index (χ4n) is 2.92. The summed E-state index contributed by atoms with van der Waals surface area (Å²) in [7, 11) is 0. The summed E-state index contributed by atoms with van der Waals surface area (Å²) in [5.74, 6) is 1.03. The van der Waals surface area contributed by atoms with Crippen molar-refractivity contribution in [3.05, 3.63) is 40.8 Å². The van der Waals surface area contributed by atoms with Crippen LogP contribution < -0.4 is 0 Å². The number of piperidine rings is 1. The number of likely N-dealkylation sites (tertiary alicyclic amines) is 1. The number of aromatic nitrogens is 3. The number of amides is 1. The van der Waals surface area contributed by atoms with E-state index in [-0.39, 0.29) is 11.8 Å². The van der Waals surface area contributed by atoms with Gasteiger partial charge in [0.05, 0.1) is 11.4 Å². The van der Waals surface area contributed by atoms with Crippen molar-refractivity contribution >= 4 is 17.5 Å². The quantitative estimate of drug-likeness (QED) is 0.859. The molecule has 1 amide bonds. The molecule has 0 N–H and O–H groups in total. The summed E-state index contributed by atoms with van der Waals surface area (Å²) in [6, 6.07) is 1.65. The maximum atomic E-state index is 12.4. The third-order valence-electron chi connectivity index (χ3n) is 4.08. The summed E-state index contributed by atoms with van der Waals surface area (Å²) in [5.41, 5.74) is 1.89. The highest BCUT2D eigenvalue weighted by molar-refractivity contribution is 6.29. The molecule has 1 aliphatic rings. The van der Waals surface area contributed by atoms with Gasteiger partial charge in [0, 0.05) is 50.3 Å². The molecule has 2 aromatic rings. The summed E-state index contributed by atoms with van der Waals surface area (Å²) >= 11 is 5.71. The number of carbonyl (C=O) groups is 1. The Bertz CT molecular complexity index is 688. The molecule has 0 saturated carbocycles. The van der Waals surface area contributed by atoms with E-state index in [0.29, 0.717) is 30.3 Å². The van der Waals surface area contributed by atoms with Gasteiger partial charge in [-0.2, -0.15) is 0 Å². The number of aryl methyl sites for hydroxylation is 2. The van der Waals surface area contributed by atoms with Gasteiger partial charge >= 0.3 is 0 Å². The van der Waals surface area contributed by atoms with Crippen molar-refractivity contribution in [2.24, 2.45) is 0 Å². The first-order valence-corrected chi connectivity index (χ1v) is 8.17. The van der Waals surface area contributed by atoms with E-state index in [2.05, 4.69) is 15.1 Å².